The lowest BCUT2D eigenvalue weighted by molar-refractivity contribution is -0.137. The Bertz CT molecular complexity index is 400. The van der Waals surface area contributed by atoms with Gasteiger partial charge in [0, 0.05) is 6.04 Å². The largest absolute Gasteiger partial charge is 0.493 e. The minimum absolute atomic E-state index is 0. The lowest BCUT2D eigenvalue weighted by Gasteiger charge is -2.25. The van der Waals surface area contributed by atoms with Crippen LogP contribution in [0.1, 0.15) is 31.2 Å². The zero-order valence-electron chi connectivity index (χ0n) is 11.0. The summed E-state index contributed by atoms with van der Waals surface area (Å²) < 4.78 is 42.7. The summed E-state index contributed by atoms with van der Waals surface area (Å²) in [6.45, 7) is 0.554. The third-order valence-corrected chi connectivity index (χ3v) is 3.56. The molecule has 0 amide bonds. The van der Waals surface area contributed by atoms with Crippen molar-refractivity contribution in [3.05, 3.63) is 29.8 Å². The number of ether oxygens (including phenoxy) is 1. The van der Waals surface area contributed by atoms with Gasteiger partial charge >= 0.3 is 6.18 Å². The highest BCUT2D eigenvalue weighted by Crippen LogP contribution is 2.30. The summed E-state index contributed by atoms with van der Waals surface area (Å²) in [6, 6.07) is 5.13. The molecule has 114 valence electrons. The Morgan fingerprint density at radius 2 is 1.60 bits per heavy atom. The van der Waals surface area contributed by atoms with Crippen molar-refractivity contribution in [1.29, 1.82) is 0 Å². The molecule has 0 atom stereocenters. The number of nitrogens with two attached hydrogens (primary N) is 1. The second-order valence-corrected chi connectivity index (χ2v) is 5.11. The molecule has 1 aliphatic carbocycles. The van der Waals surface area contributed by atoms with Crippen LogP contribution in [0.2, 0.25) is 0 Å². The zero-order chi connectivity index (χ0) is 13.9. The van der Waals surface area contributed by atoms with Crippen molar-refractivity contribution in [2.24, 2.45) is 11.7 Å². The molecule has 2 N–H and O–H groups in total. The molecule has 1 fully saturated rings. The van der Waals surface area contributed by atoms with E-state index in [0.29, 0.717) is 24.3 Å². The fourth-order valence-corrected chi connectivity index (χ4v) is 2.31. The highest BCUT2D eigenvalue weighted by atomic mass is 35.5. The Morgan fingerprint density at radius 3 is 2.10 bits per heavy atom. The molecular formula is C14H19ClF3NO. The van der Waals surface area contributed by atoms with Gasteiger partial charge in [-0.05, 0) is 55.9 Å². The lowest BCUT2D eigenvalue weighted by Crippen LogP contribution is -2.28. The summed E-state index contributed by atoms with van der Waals surface area (Å²) in [4.78, 5) is 0. The van der Waals surface area contributed by atoms with Gasteiger partial charge in [0.25, 0.3) is 0 Å². The topological polar surface area (TPSA) is 35.2 Å². The van der Waals surface area contributed by atoms with Gasteiger partial charge in [0.2, 0.25) is 0 Å². The monoisotopic (exact) mass is 309 g/mol. The number of halogens is 4. The van der Waals surface area contributed by atoms with Crippen LogP contribution in [0.3, 0.4) is 0 Å². The van der Waals surface area contributed by atoms with Gasteiger partial charge in [-0.1, -0.05) is 0 Å². The number of hydrogen-bond acceptors (Lipinski definition) is 2. The number of rotatable bonds is 3. The minimum atomic E-state index is -4.29. The number of alkyl halides is 3. The number of hydrogen-bond donors (Lipinski definition) is 1. The van der Waals surface area contributed by atoms with Crippen molar-refractivity contribution in [2.75, 3.05) is 6.61 Å². The first kappa shape index (κ1) is 17.1. The van der Waals surface area contributed by atoms with E-state index in [1.54, 1.807) is 0 Å². The maximum atomic E-state index is 12.4. The van der Waals surface area contributed by atoms with Crippen LogP contribution in [0.4, 0.5) is 13.2 Å². The molecular weight excluding hydrogens is 291 g/mol. The summed E-state index contributed by atoms with van der Waals surface area (Å²) in [5, 5.41) is 0. The van der Waals surface area contributed by atoms with Gasteiger partial charge < -0.3 is 10.5 Å². The van der Waals surface area contributed by atoms with Crippen LogP contribution in [0.15, 0.2) is 24.3 Å². The molecule has 0 aliphatic heterocycles. The van der Waals surface area contributed by atoms with Crippen molar-refractivity contribution in [3.63, 3.8) is 0 Å². The van der Waals surface area contributed by atoms with E-state index in [-0.39, 0.29) is 12.4 Å². The highest BCUT2D eigenvalue weighted by Gasteiger charge is 2.30. The molecule has 0 saturated heterocycles. The quantitative estimate of drug-likeness (QED) is 0.915. The fourth-order valence-electron chi connectivity index (χ4n) is 2.31. The zero-order valence-corrected chi connectivity index (χ0v) is 11.8. The van der Waals surface area contributed by atoms with Crippen molar-refractivity contribution in [2.45, 2.75) is 37.9 Å². The molecule has 6 heteroatoms. The van der Waals surface area contributed by atoms with E-state index in [0.717, 1.165) is 37.8 Å². The van der Waals surface area contributed by atoms with E-state index in [1.165, 1.54) is 12.1 Å². The van der Waals surface area contributed by atoms with E-state index < -0.39 is 11.7 Å². The third kappa shape index (κ3) is 4.87. The molecule has 1 aromatic carbocycles. The van der Waals surface area contributed by atoms with Crippen molar-refractivity contribution in [1.82, 2.24) is 0 Å². The van der Waals surface area contributed by atoms with E-state index in [2.05, 4.69) is 0 Å². The summed E-state index contributed by atoms with van der Waals surface area (Å²) in [5.74, 6) is 0.949. The Kier molecular flexibility index (Phi) is 6.14. The van der Waals surface area contributed by atoms with Crippen LogP contribution in [0, 0.1) is 5.92 Å². The molecule has 0 bridgehead atoms. The molecule has 0 aromatic heterocycles. The smallest absolute Gasteiger partial charge is 0.416 e. The van der Waals surface area contributed by atoms with Gasteiger partial charge in [-0.15, -0.1) is 12.4 Å². The van der Waals surface area contributed by atoms with Crippen LogP contribution >= 0.6 is 12.4 Å². The predicted octanol–water partition coefficient (Wildman–Crippen LogP) is 4.02. The van der Waals surface area contributed by atoms with Crippen molar-refractivity contribution < 1.29 is 17.9 Å². The van der Waals surface area contributed by atoms with Crippen LogP contribution in [0.5, 0.6) is 5.75 Å². The third-order valence-electron chi connectivity index (χ3n) is 3.56. The molecule has 0 radical (unpaired) electrons. The maximum absolute atomic E-state index is 12.4. The van der Waals surface area contributed by atoms with Gasteiger partial charge in [0.05, 0.1) is 12.2 Å². The Hall–Kier alpha value is -0.940. The van der Waals surface area contributed by atoms with Gasteiger partial charge in [-0.3, -0.25) is 0 Å². The molecule has 0 unspecified atom stereocenters. The maximum Gasteiger partial charge on any atom is 0.416 e. The Morgan fingerprint density at radius 1 is 1.05 bits per heavy atom. The SMILES string of the molecule is Cl.NC1CCC(COc2ccc(C(F)(F)F)cc2)CC1. The van der Waals surface area contributed by atoms with E-state index in [9.17, 15) is 13.2 Å². The average molecular weight is 310 g/mol. The predicted molar refractivity (Wildman–Crippen MR) is 74.1 cm³/mol. The van der Waals surface area contributed by atoms with Crippen LogP contribution < -0.4 is 10.5 Å². The van der Waals surface area contributed by atoms with Gasteiger partial charge in [-0.2, -0.15) is 13.2 Å². The lowest BCUT2D eigenvalue weighted by atomic mass is 9.87. The Balaban J connectivity index is 0.00000200. The molecule has 1 saturated carbocycles. The van der Waals surface area contributed by atoms with Gasteiger partial charge in [-0.25, -0.2) is 0 Å². The molecule has 1 aliphatic rings. The summed E-state index contributed by atoms with van der Waals surface area (Å²) >= 11 is 0. The summed E-state index contributed by atoms with van der Waals surface area (Å²) in [7, 11) is 0. The first-order chi connectivity index (χ1) is 8.95. The Labute approximate surface area is 122 Å². The fraction of sp³-hybridized carbons (Fsp3) is 0.571. The highest BCUT2D eigenvalue weighted by molar-refractivity contribution is 5.85. The molecule has 0 heterocycles. The first-order valence-corrected chi connectivity index (χ1v) is 6.51. The summed E-state index contributed by atoms with van der Waals surface area (Å²) in [5.41, 5.74) is 5.16. The second-order valence-electron chi connectivity index (χ2n) is 5.11. The second kappa shape index (κ2) is 7.18. The van der Waals surface area contributed by atoms with E-state index >= 15 is 0 Å². The molecule has 2 nitrogen and oxygen atoms in total. The first-order valence-electron chi connectivity index (χ1n) is 6.51. The van der Waals surface area contributed by atoms with Crippen molar-refractivity contribution in [3.8, 4) is 5.75 Å². The number of benzene rings is 1. The van der Waals surface area contributed by atoms with Crippen LogP contribution in [0.25, 0.3) is 0 Å². The van der Waals surface area contributed by atoms with Gasteiger partial charge in [0.15, 0.2) is 0 Å². The van der Waals surface area contributed by atoms with Crippen LogP contribution in [-0.2, 0) is 6.18 Å². The molecule has 1 aromatic rings. The standard InChI is InChI=1S/C14H18F3NO.ClH/c15-14(16,17)11-3-7-13(8-4-11)19-9-10-1-5-12(18)6-2-10;/h3-4,7-8,10,12H,1-2,5-6,9,18H2;1H. The summed E-state index contributed by atoms with van der Waals surface area (Å²) in [6.07, 6.45) is -0.232. The van der Waals surface area contributed by atoms with Crippen LogP contribution in [-0.4, -0.2) is 12.6 Å². The van der Waals surface area contributed by atoms with E-state index in [4.69, 9.17) is 10.5 Å². The van der Waals surface area contributed by atoms with Gasteiger partial charge in [0.1, 0.15) is 5.75 Å². The molecule has 20 heavy (non-hydrogen) atoms. The molecule has 2 rings (SSSR count). The normalized spacial score (nSPS) is 23.0. The average Bonchev–Trinajstić information content (AvgIpc) is 2.37. The molecule has 0 spiro atoms. The van der Waals surface area contributed by atoms with E-state index in [1.807, 2.05) is 0 Å². The minimum Gasteiger partial charge on any atom is -0.493 e. The van der Waals surface area contributed by atoms with Crippen molar-refractivity contribution >= 4 is 12.4 Å².